The molecule has 0 aromatic carbocycles. The molecule has 2 unspecified atom stereocenters. The van der Waals surface area contributed by atoms with Crippen LogP contribution in [-0.4, -0.2) is 36.3 Å². The van der Waals surface area contributed by atoms with Crippen molar-refractivity contribution < 1.29 is 4.74 Å². The van der Waals surface area contributed by atoms with Crippen molar-refractivity contribution in [3.05, 3.63) is 0 Å². The lowest BCUT2D eigenvalue weighted by molar-refractivity contribution is -0.0836. The van der Waals surface area contributed by atoms with Gasteiger partial charge in [0.2, 0.25) is 0 Å². The highest BCUT2D eigenvalue weighted by Crippen LogP contribution is 2.45. The number of hydrogen-bond acceptors (Lipinski definition) is 3. The van der Waals surface area contributed by atoms with Crippen molar-refractivity contribution in [3.63, 3.8) is 0 Å². The van der Waals surface area contributed by atoms with Gasteiger partial charge in [0.1, 0.15) is 0 Å². The van der Waals surface area contributed by atoms with Crippen LogP contribution < -0.4 is 5.32 Å². The highest BCUT2D eigenvalue weighted by atomic mass is 32.2. The standard InChI is InChI=1S/C10H17NOS/c1-2-8(1)9-10(3-6-13-7-10)12-5-4-11-9/h8-9,11H,1-7H2. The first-order valence-corrected chi connectivity index (χ1v) is 6.51. The maximum absolute atomic E-state index is 6.06. The predicted molar refractivity (Wildman–Crippen MR) is 55.1 cm³/mol. The van der Waals surface area contributed by atoms with E-state index in [0.29, 0.717) is 6.04 Å². The minimum Gasteiger partial charge on any atom is -0.371 e. The summed E-state index contributed by atoms with van der Waals surface area (Å²) < 4.78 is 6.06. The van der Waals surface area contributed by atoms with Gasteiger partial charge in [-0.15, -0.1) is 0 Å². The van der Waals surface area contributed by atoms with Gasteiger partial charge in [0, 0.05) is 18.3 Å². The summed E-state index contributed by atoms with van der Waals surface area (Å²) in [5.41, 5.74) is 0.226. The van der Waals surface area contributed by atoms with E-state index in [4.69, 9.17) is 4.74 Å². The summed E-state index contributed by atoms with van der Waals surface area (Å²) in [4.78, 5) is 0. The Morgan fingerprint density at radius 2 is 2.31 bits per heavy atom. The van der Waals surface area contributed by atoms with Crippen molar-refractivity contribution >= 4 is 11.8 Å². The van der Waals surface area contributed by atoms with Crippen molar-refractivity contribution in [1.29, 1.82) is 0 Å². The van der Waals surface area contributed by atoms with E-state index in [1.54, 1.807) is 0 Å². The highest BCUT2D eigenvalue weighted by Gasteiger charge is 2.50. The van der Waals surface area contributed by atoms with Gasteiger partial charge in [0.15, 0.2) is 0 Å². The molecule has 1 N–H and O–H groups in total. The van der Waals surface area contributed by atoms with Crippen LogP contribution in [-0.2, 0) is 4.74 Å². The first-order valence-electron chi connectivity index (χ1n) is 5.36. The monoisotopic (exact) mass is 199 g/mol. The van der Waals surface area contributed by atoms with Gasteiger partial charge in [0.05, 0.1) is 12.2 Å². The molecule has 3 aliphatic rings. The summed E-state index contributed by atoms with van der Waals surface area (Å²) in [6.45, 7) is 1.98. The molecular weight excluding hydrogens is 182 g/mol. The number of hydrogen-bond donors (Lipinski definition) is 1. The van der Waals surface area contributed by atoms with Gasteiger partial charge >= 0.3 is 0 Å². The topological polar surface area (TPSA) is 21.3 Å². The van der Waals surface area contributed by atoms with Gasteiger partial charge in [-0.25, -0.2) is 0 Å². The van der Waals surface area contributed by atoms with E-state index >= 15 is 0 Å². The average molecular weight is 199 g/mol. The lowest BCUT2D eigenvalue weighted by Gasteiger charge is -2.42. The Bertz CT molecular complexity index is 199. The van der Waals surface area contributed by atoms with Crippen LogP contribution in [0.4, 0.5) is 0 Å². The number of thioether (sulfide) groups is 1. The van der Waals surface area contributed by atoms with Crippen LogP contribution in [0.1, 0.15) is 19.3 Å². The molecule has 2 heterocycles. The molecule has 2 aliphatic heterocycles. The summed E-state index contributed by atoms with van der Waals surface area (Å²) in [6.07, 6.45) is 4.12. The minimum atomic E-state index is 0.226. The zero-order valence-corrected chi connectivity index (χ0v) is 8.74. The van der Waals surface area contributed by atoms with Gasteiger partial charge in [-0.3, -0.25) is 0 Å². The fraction of sp³-hybridized carbons (Fsp3) is 1.00. The van der Waals surface area contributed by atoms with Crippen molar-refractivity contribution in [3.8, 4) is 0 Å². The number of rotatable bonds is 1. The molecule has 0 aromatic rings. The van der Waals surface area contributed by atoms with Crippen LogP contribution in [0.25, 0.3) is 0 Å². The number of nitrogens with one attached hydrogen (secondary N) is 1. The van der Waals surface area contributed by atoms with E-state index in [1.165, 1.54) is 30.8 Å². The molecule has 0 radical (unpaired) electrons. The lowest BCUT2D eigenvalue weighted by Crippen LogP contribution is -2.59. The van der Waals surface area contributed by atoms with E-state index < -0.39 is 0 Å². The van der Waals surface area contributed by atoms with Crippen LogP contribution in [0.15, 0.2) is 0 Å². The highest BCUT2D eigenvalue weighted by molar-refractivity contribution is 7.99. The largest absolute Gasteiger partial charge is 0.371 e. The van der Waals surface area contributed by atoms with Crippen LogP contribution in [0, 0.1) is 5.92 Å². The van der Waals surface area contributed by atoms with Crippen molar-refractivity contribution in [2.75, 3.05) is 24.7 Å². The first kappa shape index (κ1) is 8.57. The maximum Gasteiger partial charge on any atom is 0.0935 e. The third-order valence-corrected chi connectivity index (χ3v) is 4.72. The van der Waals surface area contributed by atoms with Crippen LogP contribution in [0.5, 0.6) is 0 Å². The number of ether oxygens (including phenoxy) is 1. The molecule has 2 atom stereocenters. The molecule has 74 valence electrons. The quantitative estimate of drug-likeness (QED) is 0.687. The fourth-order valence-electron chi connectivity index (χ4n) is 2.69. The second-order valence-corrected chi connectivity index (χ2v) is 5.59. The zero-order chi connectivity index (χ0) is 8.73. The first-order chi connectivity index (χ1) is 6.41. The van der Waals surface area contributed by atoms with Crippen molar-refractivity contribution in [1.82, 2.24) is 5.32 Å². The molecule has 0 amide bonds. The Labute approximate surface area is 83.8 Å². The van der Waals surface area contributed by atoms with Crippen LogP contribution in [0.3, 0.4) is 0 Å². The fourth-order valence-corrected chi connectivity index (χ4v) is 4.08. The van der Waals surface area contributed by atoms with Gasteiger partial charge in [-0.05, 0) is 30.9 Å². The summed E-state index contributed by atoms with van der Waals surface area (Å²) in [6, 6.07) is 0.677. The average Bonchev–Trinajstić information content (AvgIpc) is 2.89. The van der Waals surface area contributed by atoms with E-state index in [-0.39, 0.29) is 5.60 Å². The molecule has 13 heavy (non-hydrogen) atoms. The van der Waals surface area contributed by atoms with Crippen molar-refractivity contribution in [2.24, 2.45) is 5.92 Å². The molecule has 2 nitrogen and oxygen atoms in total. The number of morpholine rings is 1. The predicted octanol–water partition coefficient (Wildman–Crippen LogP) is 1.26. The van der Waals surface area contributed by atoms with E-state index in [0.717, 1.165) is 19.1 Å². The molecule has 2 saturated heterocycles. The second-order valence-electron chi connectivity index (χ2n) is 4.49. The molecular formula is C10H17NOS. The van der Waals surface area contributed by atoms with Gasteiger partial charge < -0.3 is 10.1 Å². The van der Waals surface area contributed by atoms with Gasteiger partial charge in [-0.1, -0.05) is 0 Å². The van der Waals surface area contributed by atoms with Crippen molar-refractivity contribution in [2.45, 2.75) is 30.9 Å². The van der Waals surface area contributed by atoms with E-state index in [1.807, 2.05) is 0 Å². The minimum absolute atomic E-state index is 0.226. The maximum atomic E-state index is 6.06. The Hall–Kier alpha value is 0.270. The summed E-state index contributed by atoms with van der Waals surface area (Å²) in [5.74, 6) is 3.45. The van der Waals surface area contributed by atoms with Crippen LogP contribution in [0.2, 0.25) is 0 Å². The Kier molecular flexibility index (Phi) is 2.07. The molecule has 1 aliphatic carbocycles. The Balaban J connectivity index is 1.79. The van der Waals surface area contributed by atoms with E-state index in [2.05, 4.69) is 17.1 Å². The smallest absolute Gasteiger partial charge is 0.0935 e. The van der Waals surface area contributed by atoms with Crippen LogP contribution >= 0.6 is 11.8 Å². The third-order valence-electron chi connectivity index (χ3n) is 3.53. The molecule has 1 saturated carbocycles. The van der Waals surface area contributed by atoms with Gasteiger partial charge in [0.25, 0.3) is 0 Å². The molecule has 1 spiro atoms. The Morgan fingerprint density at radius 1 is 1.38 bits per heavy atom. The SMILES string of the molecule is C1COC2(CCSC2)C(C2CC2)N1. The zero-order valence-electron chi connectivity index (χ0n) is 7.92. The molecule has 0 bridgehead atoms. The van der Waals surface area contributed by atoms with Gasteiger partial charge in [-0.2, -0.15) is 11.8 Å². The summed E-state index contributed by atoms with van der Waals surface area (Å²) >= 11 is 2.06. The molecule has 3 rings (SSSR count). The lowest BCUT2D eigenvalue weighted by atomic mass is 9.88. The molecule has 3 fully saturated rings. The summed E-state index contributed by atoms with van der Waals surface area (Å²) in [5, 5.41) is 3.68. The molecule has 0 aromatic heterocycles. The summed E-state index contributed by atoms with van der Waals surface area (Å²) in [7, 11) is 0. The molecule has 3 heteroatoms. The Morgan fingerprint density at radius 3 is 3.00 bits per heavy atom. The normalized spacial score (nSPS) is 45.7. The third kappa shape index (κ3) is 1.41. The van der Waals surface area contributed by atoms with E-state index in [9.17, 15) is 0 Å². The second kappa shape index (κ2) is 3.14.